The van der Waals surface area contributed by atoms with E-state index in [1.807, 2.05) is 17.5 Å². The molecular formula is C18H23N3O4S. The number of aliphatic carboxylic acids is 1. The zero-order valence-corrected chi connectivity index (χ0v) is 15.6. The van der Waals surface area contributed by atoms with Gasteiger partial charge in [-0.05, 0) is 30.7 Å². The van der Waals surface area contributed by atoms with Gasteiger partial charge in [0.15, 0.2) is 0 Å². The van der Waals surface area contributed by atoms with Crippen molar-refractivity contribution in [2.75, 3.05) is 7.05 Å². The summed E-state index contributed by atoms with van der Waals surface area (Å²) in [4.78, 5) is 31.1. The van der Waals surface area contributed by atoms with Crippen LogP contribution < -0.4 is 0 Å². The lowest BCUT2D eigenvalue weighted by Crippen LogP contribution is -2.56. The number of rotatable bonds is 7. The van der Waals surface area contributed by atoms with Crippen molar-refractivity contribution >= 4 is 23.2 Å². The van der Waals surface area contributed by atoms with Gasteiger partial charge in [0.05, 0.1) is 4.88 Å². The molecule has 26 heavy (non-hydrogen) atoms. The van der Waals surface area contributed by atoms with E-state index < -0.39 is 11.5 Å². The summed E-state index contributed by atoms with van der Waals surface area (Å²) in [5.74, 6) is 0.0118. The predicted molar refractivity (Wildman–Crippen MR) is 96.8 cm³/mol. The fraction of sp³-hybridized carbons (Fsp3) is 0.556. The number of amides is 1. The zero-order chi connectivity index (χ0) is 18.6. The quantitative estimate of drug-likeness (QED) is 0.795. The van der Waals surface area contributed by atoms with Gasteiger partial charge in [-0.2, -0.15) is 4.98 Å². The molecule has 0 radical (unpaired) electrons. The Bertz CT molecular complexity index is 750. The molecule has 0 aromatic carbocycles. The summed E-state index contributed by atoms with van der Waals surface area (Å²) in [5.41, 5.74) is -1.05. The van der Waals surface area contributed by atoms with Gasteiger partial charge in [0.1, 0.15) is 5.54 Å². The van der Waals surface area contributed by atoms with E-state index in [-0.39, 0.29) is 12.3 Å². The van der Waals surface area contributed by atoms with Gasteiger partial charge in [0.25, 0.3) is 0 Å². The van der Waals surface area contributed by atoms with Gasteiger partial charge in [-0.1, -0.05) is 30.5 Å². The summed E-state index contributed by atoms with van der Waals surface area (Å²) >= 11 is 1.54. The number of likely N-dealkylation sites (N-methyl/N-ethyl adjacent to an activating group) is 1. The Morgan fingerprint density at radius 2 is 2.12 bits per heavy atom. The van der Waals surface area contributed by atoms with E-state index in [2.05, 4.69) is 10.1 Å². The molecule has 1 saturated carbocycles. The SMILES string of the molecule is CN(C(=O)CCCc1nc(-c2cccs2)no1)C1(C(=O)O)CCCCC1. The highest BCUT2D eigenvalue weighted by Crippen LogP contribution is 2.33. The number of carboxylic acid groups (broad SMARTS) is 1. The Balaban J connectivity index is 1.54. The van der Waals surface area contributed by atoms with E-state index >= 15 is 0 Å². The highest BCUT2D eigenvalue weighted by atomic mass is 32.1. The van der Waals surface area contributed by atoms with Crippen molar-refractivity contribution in [2.45, 2.75) is 56.9 Å². The largest absolute Gasteiger partial charge is 0.479 e. The summed E-state index contributed by atoms with van der Waals surface area (Å²) in [6.07, 6.45) is 5.08. The van der Waals surface area contributed by atoms with E-state index in [0.717, 1.165) is 24.1 Å². The zero-order valence-electron chi connectivity index (χ0n) is 14.8. The number of nitrogens with zero attached hydrogens (tertiary/aromatic N) is 3. The number of carbonyl (C=O) groups is 2. The lowest BCUT2D eigenvalue weighted by atomic mass is 9.80. The van der Waals surface area contributed by atoms with Gasteiger partial charge in [-0.25, -0.2) is 4.79 Å². The summed E-state index contributed by atoms with van der Waals surface area (Å²) in [6, 6.07) is 3.85. The molecule has 0 bridgehead atoms. The van der Waals surface area contributed by atoms with Crippen molar-refractivity contribution in [1.82, 2.24) is 15.0 Å². The number of aryl methyl sites for hydroxylation is 1. The standard InChI is InChI=1S/C18H23N3O4S/c1-21(18(17(23)24)10-3-2-4-11-18)15(22)9-5-8-14-19-16(20-25-14)13-7-6-12-26-13/h6-7,12H,2-5,8-11H2,1H3,(H,23,24). The third kappa shape index (κ3) is 3.80. The van der Waals surface area contributed by atoms with Crippen LogP contribution in [0.15, 0.2) is 22.0 Å². The highest BCUT2D eigenvalue weighted by Gasteiger charge is 2.45. The number of thiophene rings is 1. The molecule has 0 aliphatic heterocycles. The molecule has 1 fully saturated rings. The van der Waals surface area contributed by atoms with Crippen molar-refractivity contribution in [1.29, 1.82) is 0 Å². The van der Waals surface area contributed by atoms with Crippen LogP contribution in [0, 0.1) is 0 Å². The van der Waals surface area contributed by atoms with Gasteiger partial charge >= 0.3 is 5.97 Å². The van der Waals surface area contributed by atoms with Crippen molar-refractivity contribution in [3.63, 3.8) is 0 Å². The van der Waals surface area contributed by atoms with E-state index in [1.54, 1.807) is 7.05 Å². The molecule has 0 unspecified atom stereocenters. The molecule has 2 aromatic rings. The fourth-order valence-corrected chi connectivity index (χ4v) is 4.14. The minimum absolute atomic E-state index is 0.146. The topological polar surface area (TPSA) is 96.5 Å². The Kier molecular flexibility index (Phi) is 5.70. The minimum atomic E-state index is -1.05. The Labute approximate surface area is 156 Å². The average molecular weight is 377 g/mol. The molecule has 1 amide bonds. The van der Waals surface area contributed by atoms with Crippen LogP contribution in [0.25, 0.3) is 10.7 Å². The molecule has 1 aliphatic rings. The second-order valence-corrected chi connectivity index (χ2v) is 7.64. The maximum atomic E-state index is 12.5. The normalized spacial score (nSPS) is 16.3. The number of hydrogen-bond acceptors (Lipinski definition) is 6. The van der Waals surface area contributed by atoms with E-state index in [1.165, 1.54) is 16.2 Å². The third-order valence-corrected chi connectivity index (χ3v) is 5.95. The van der Waals surface area contributed by atoms with Crippen molar-refractivity contribution in [3.8, 4) is 10.7 Å². The Morgan fingerprint density at radius 3 is 2.77 bits per heavy atom. The summed E-state index contributed by atoms with van der Waals surface area (Å²) in [7, 11) is 1.61. The number of aromatic nitrogens is 2. The smallest absolute Gasteiger partial charge is 0.329 e. The monoisotopic (exact) mass is 377 g/mol. The van der Waals surface area contributed by atoms with Crippen molar-refractivity contribution < 1.29 is 19.2 Å². The first kappa shape index (κ1) is 18.6. The Morgan fingerprint density at radius 1 is 1.35 bits per heavy atom. The first-order valence-corrected chi connectivity index (χ1v) is 9.77. The molecule has 0 atom stereocenters. The number of carbonyl (C=O) groups excluding carboxylic acids is 1. The molecule has 2 aromatic heterocycles. The molecule has 0 saturated heterocycles. The molecule has 1 aliphatic carbocycles. The van der Waals surface area contributed by atoms with Crippen molar-refractivity contribution in [2.24, 2.45) is 0 Å². The lowest BCUT2D eigenvalue weighted by molar-refractivity contribution is -0.160. The highest BCUT2D eigenvalue weighted by molar-refractivity contribution is 7.13. The summed E-state index contributed by atoms with van der Waals surface area (Å²) < 4.78 is 5.23. The van der Waals surface area contributed by atoms with Crippen LogP contribution in [-0.2, 0) is 16.0 Å². The second-order valence-electron chi connectivity index (χ2n) is 6.69. The van der Waals surface area contributed by atoms with Crippen LogP contribution >= 0.6 is 11.3 Å². The molecule has 140 valence electrons. The van der Waals surface area contributed by atoms with E-state index in [4.69, 9.17) is 4.52 Å². The van der Waals surface area contributed by atoms with Crippen LogP contribution in [0.1, 0.15) is 50.8 Å². The summed E-state index contributed by atoms with van der Waals surface area (Å²) in [6.45, 7) is 0. The van der Waals surface area contributed by atoms with Crippen LogP contribution in [0.4, 0.5) is 0 Å². The number of carboxylic acids is 1. The summed E-state index contributed by atoms with van der Waals surface area (Å²) in [5, 5.41) is 15.6. The van der Waals surface area contributed by atoms with Crippen LogP contribution in [0.5, 0.6) is 0 Å². The predicted octanol–water partition coefficient (Wildman–Crippen LogP) is 3.37. The molecule has 3 rings (SSSR count). The van der Waals surface area contributed by atoms with Gasteiger partial charge in [0, 0.05) is 19.9 Å². The molecule has 1 N–H and O–H groups in total. The number of hydrogen-bond donors (Lipinski definition) is 1. The second kappa shape index (κ2) is 7.99. The molecule has 8 heteroatoms. The molecular weight excluding hydrogens is 354 g/mol. The molecule has 0 spiro atoms. The van der Waals surface area contributed by atoms with Crippen LogP contribution in [0.2, 0.25) is 0 Å². The van der Waals surface area contributed by atoms with Crippen LogP contribution in [-0.4, -0.2) is 44.6 Å². The van der Waals surface area contributed by atoms with E-state index in [9.17, 15) is 14.7 Å². The van der Waals surface area contributed by atoms with E-state index in [0.29, 0.717) is 37.4 Å². The maximum absolute atomic E-state index is 12.5. The lowest BCUT2D eigenvalue weighted by Gasteiger charge is -2.41. The minimum Gasteiger partial charge on any atom is -0.479 e. The van der Waals surface area contributed by atoms with Gasteiger partial charge < -0.3 is 14.5 Å². The maximum Gasteiger partial charge on any atom is 0.329 e. The van der Waals surface area contributed by atoms with Crippen molar-refractivity contribution in [3.05, 3.63) is 23.4 Å². The molecule has 2 heterocycles. The van der Waals surface area contributed by atoms with Gasteiger partial charge in [-0.15, -0.1) is 11.3 Å². The van der Waals surface area contributed by atoms with Gasteiger partial charge in [-0.3, -0.25) is 4.79 Å². The average Bonchev–Trinajstić information content (AvgIpc) is 3.33. The van der Waals surface area contributed by atoms with Gasteiger partial charge in [0.2, 0.25) is 17.6 Å². The fourth-order valence-electron chi connectivity index (χ4n) is 3.49. The Hall–Kier alpha value is -2.22. The van der Waals surface area contributed by atoms with Crippen LogP contribution in [0.3, 0.4) is 0 Å². The third-order valence-electron chi connectivity index (χ3n) is 5.09. The first-order chi connectivity index (χ1) is 12.5. The molecule has 7 nitrogen and oxygen atoms in total. The first-order valence-electron chi connectivity index (χ1n) is 8.89.